The minimum absolute atomic E-state index is 0.221. The van der Waals surface area contributed by atoms with Crippen molar-refractivity contribution in [2.45, 2.75) is 31.7 Å². The molecule has 0 radical (unpaired) electrons. The molecule has 172 valence electrons. The van der Waals surface area contributed by atoms with Gasteiger partial charge in [0.2, 0.25) is 5.91 Å². The number of benzene rings is 3. The number of anilines is 2. The lowest BCUT2D eigenvalue weighted by Crippen LogP contribution is -2.51. The number of fused-ring (bicyclic) bond motifs is 1. The Bertz CT molecular complexity index is 1250. The normalized spacial score (nSPS) is 14.6. The summed E-state index contributed by atoms with van der Waals surface area (Å²) in [6.45, 7) is 4.67. The molecule has 3 aromatic rings. The molecule has 1 aliphatic rings. The van der Waals surface area contributed by atoms with Crippen LogP contribution in [0, 0.1) is 17.1 Å². The van der Waals surface area contributed by atoms with E-state index in [0.717, 1.165) is 16.8 Å². The first-order valence-electron chi connectivity index (χ1n) is 11.0. The number of nitrogens with one attached hydrogen (secondary N) is 2. The standard InChI is InChI=1S/C27H25FN4O2/c1-27(2)17-32(24-6-4-3-5-22(24)27)25(33)23(15-18-7-9-19(16-29)10-8-18)31-26(34)30-21-13-11-20(28)12-14-21/h3-14,23H,15,17H2,1-2H3,(H2,30,31,34)/t23-/m1/s1. The molecule has 1 atom stereocenters. The Hall–Kier alpha value is -4.18. The highest BCUT2D eigenvalue weighted by Crippen LogP contribution is 2.40. The van der Waals surface area contributed by atoms with Crippen molar-refractivity contribution in [2.75, 3.05) is 16.8 Å². The van der Waals surface area contributed by atoms with Gasteiger partial charge in [-0.25, -0.2) is 9.18 Å². The number of halogens is 1. The van der Waals surface area contributed by atoms with Crippen LogP contribution in [0.25, 0.3) is 0 Å². The first-order chi connectivity index (χ1) is 16.3. The van der Waals surface area contributed by atoms with Gasteiger partial charge in [0.1, 0.15) is 11.9 Å². The molecule has 1 heterocycles. The molecule has 0 aromatic heterocycles. The number of hydrogen-bond acceptors (Lipinski definition) is 3. The van der Waals surface area contributed by atoms with Crippen molar-refractivity contribution in [3.63, 3.8) is 0 Å². The fourth-order valence-electron chi connectivity index (χ4n) is 4.24. The number of nitriles is 1. The van der Waals surface area contributed by atoms with Crippen molar-refractivity contribution < 1.29 is 14.0 Å². The van der Waals surface area contributed by atoms with Crippen LogP contribution in [0.2, 0.25) is 0 Å². The van der Waals surface area contributed by atoms with Crippen LogP contribution in [0.5, 0.6) is 0 Å². The molecular weight excluding hydrogens is 431 g/mol. The quantitative estimate of drug-likeness (QED) is 0.581. The Labute approximate surface area is 198 Å². The molecular formula is C27H25FN4O2. The Morgan fingerprint density at radius 2 is 1.74 bits per heavy atom. The summed E-state index contributed by atoms with van der Waals surface area (Å²) < 4.78 is 13.2. The van der Waals surface area contributed by atoms with Crippen LogP contribution in [0.3, 0.4) is 0 Å². The topological polar surface area (TPSA) is 85.2 Å². The predicted octanol–water partition coefficient (Wildman–Crippen LogP) is 4.75. The Kier molecular flexibility index (Phi) is 6.33. The van der Waals surface area contributed by atoms with E-state index in [4.69, 9.17) is 5.26 Å². The lowest BCUT2D eigenvalue weighted by molar-refractivity contribution is -0.120. The van der Waals surface area contributed by atoms with E-state index in [1.54, 1.807) is 29.2 Å². The van der Waals surface area contributed by atoms with Crippen molar-refractivity contribution in [1.82, 2.24) is 5.32 Å². The second kappa shape index (κ2) is 9.36. The maximum atomic E-state index is 13.7. The number of rotatable bonds is 5. The summed E-state index contributed by atoms with van der Waals surface area (Å²) in [6, 6.07) is 20.8. The first-order valence-corrected chi connectivity index (χ1v) is 11.0. The van der Waals surface area contributed by atoms with Gasteiger partial charge in [-0.15, -0.1) is 0 Å². The van der Waals surface area contributed by atoms with Gasteiger partial charge in [-0.05, 0) is 53.6 Å². The zero-order valence-corrected chi connectivity index (χ0v) is 19.0. The fraction of sp³-hybridized carbons (Fsp3) is 0.222. The minimum Gasteiger partial charge on any atom is -0.326 e. The van der Waals surface area contributed by atoms with Crippen LogP contribution in [-0.4, -0.2) is 24.5 Å². The van der Waals surface area contributed by atoms with Crippen molar-refractivity contribution >= 4 is 23.3 Å². The van der Waals surface area contributed by atoms with E-state index < -0.39 is 17.9 Å². The zero-order chi connectivity index (χ0) is 24.3. The molecule has 34 heavy (non-hydrogen) atoms. The molecule has 0 spiro atoms. The van der Waals surface area contributed by atoms with Gasteiger partial charge in [0.05, 0.1) is 11.6 Å². The number of urea groups is 1. The molecule has 6 nitrogen and oxygen atoms in total. The molecule has 3 amide bonds. The van der Waals surface area contributed by atoms with Crippen molar-refractivity contribution in [3.05, 3.63) is 95.3 Å². The molecule has 2 N–H and O–H groups in total. The Morgan fingerprint density at radius 1 is 1.06 bits per heavy atom. The van der Waals surface area contributed by atoms with Crippen LogP contribution in [0.15, 0.2) is 72.8 Å². The van der Waals surface area contributed by atoms with Gasteiger partial charge in [0, 0.05) is 29.8 Å². The number of carbonyl (C=O) groups is 2. The summed E-state index contributed by atoms with van der Waals surface area (Å²) in [6.07, 6.45) is 0.250. The number of nitrogens with zero attached hydrogens (tertiary/aromatic N) is 2. The van der Waals surface area contributed by atoms with Gasteiger partial charge in [0.25, 0.3) is 0 Å². The lowest BCUT2D eigenvalue weighted by Gasteiger charge is -2.26. The summed E-state index contributed by atoms with van der Waals surface area (Å²) in [5.74, 6) is -0.633. The predicted molar refractivity (Wildman–Crippen MR) is 129 cm³/mol. The summed E-state index contributed by atoms with van der Waals surface area (Å²) in [7, 11) is 0. The molecule has 0 fully saturated rings. The molecule has 0 saturated carbocycles. The van der Waals surface area contributed by atoms with Gasteiger partial charge < -0.3 is 15.5 Å². The number of amides is 3. The van der Waals surface area contributed by atoms with E-state index >= 15 is 0 Å². The maximum absolute atomic E-state index is 13.7. The third kappa shape index (κ3) is 4.91. The Morgan fingerprint density at radius 3 is 2.41 bits per heavy atom. The summed E-state index contributed by atoms with van der Waals surface area (Å²) in [5, 5.41) is 14.5. The zero-order valence-electron chi connectivity index (χ0n) is 19.0. The molecule has 0 aliphatic carbocycles. The summed E-state index contributed by atoms with van der Waals surface area (Å²) >= 11 is 0. The number of hydrogen-bond donors (Lipinski definition) is 2. The van der Waals surface area contributed by atoms with Gasteiger partial charge in [-0.1, -0.05) is 44.2 Å². The molecule has 0 unspecified atom stereocenters. The van der Waals surface area contributed by atoms with E-state index in [-0.39, 0.29) is 17.7 Å². The monoisotopic (exact) mass is 456 g/mol. The van der Waals surface area contributed by atoms with E-state index in [1.165, 1.54) is 24.3 Å². The van der Waals surface area contributed by atoms with Gasteiger partial charge in [0.15, 0.2) is 0 Å². The van der Waals surface area contributed by atoms with Crippen LogP contribution in [-0.2, 0) is 16.6 Å². The lowest BCUT2D eigenvalue weighted by atomic mass is 9.87. The second-order valence-corrected chi connectivity index (χ2v) is 9.00. The van der Waals surface area contributed by atoms with Crippen molar-refractivity contribution in [1.29, 1.82) is 5.26 Å². The highest BCUT2D eigenvalue weighted by atomic mass is 19.1. The largest absolute Gasteiger partial charge is 0.326 e. The number of carbonyl (C=O) groups excluding carboxylic acids is 2. The van der Waals surface area contributed by atoms with Gasteiger partial charge in [-0.2, -0.15) is 5.26 Å². The fourth-order valence-corrected chi connectivity index (χ4v) is 4.24. The van der Waals surface area contributed by atoms with E-state index in [2.05, 4.69) is 30.6 Å². The van der Waals surface area contributed by atoms with E-state index in [1.807, 2.05) is 24.3 Å². The first kappa shape index (κ1) is 23.0. The minimum atomic E-state index is -0.852. The second-order valence-electron chi connectivity index (χ2n) is 9.00. The van der Waals surface area contributed by atoms with Crippen molar-refractivity contribution in [2.24, 2.45) is 0 Å². The molecule has 0 saturated heterocycles. The van der Waals surface area contributed by atoms with Crippen LogP contribution in [0.4, 0.5) is 20.6 Å². The third-order valence-electron chi connectivity index (χ3n) is 5.97. The molecule has 4 rings (SSSR count). The van der Waals surface area contributed by atoms with Crippen LogP contribution >= 0.6 is 0 Å². The van der Waals surface area contributed by atoms with Gasteiger partial charge >= 0.3 is 6.03 Å². The molecule has 3 aromatic carbocycles. The highest BCUT2D eigenvalue weighted by molar-refractivity contribution is 6.02. The SMILES string of the molecule is CC1(C)CN(C(=O)[C@@H](Cc2ccc(C#N)cc2)NC(=O)Nc2ccc(F)cc2)c2ccccc21. The summed E-state index contributed by atoms with van der Waals surface area (Å²) in [4.78, 5) is 28.2. The van der Waals surface area contributed by atoms with E-state index in [0.29, 0.717) is 17.8 Å². The average molecular weight is 457 g/mol. The van der Waals surface area contributed by atoms with E-state index in [9.17, 15) is 14.0 Å². The third-order valence-corrected chi connectivity index (χ3v) is 5.97. The number of para-hydroxylation sites is 1. The van der Waals surface area contributed by atoms with Gasteiger partial charge in [-0.3, -0.25) is 4.79 Å². The van der Waals surface area contributed by atoms with Crippen LogP contribution in [0.1, 0.15) is 30.5 Å². The summed E-state index contributed by atoms with van der Waals surface area (Å²) in [5.41, 5.74) is 3.44. The average Bonchev–Trinajstić information content (AvgIpc) is 3.11. The molecule has 1 aliphatic heterocycles. The molecule has 7 heteroatoms. The highest BCUT2D eigenvalue weighted by Gasteiger charge is 2.40. The smallest absolute Gasteiger partial charge is 0.319 e. The maximum Gasteiger partial charge on any atom is 0.319 e. The Balaban J connectivity index is 1.59. The van der Waals surface area contributed by atoms with Crippen LogP contribution < -0.4 is 15.5 Å². The molecule has 0 bridgehead atoms. The van der Waals surface area contributed by atoms with Crippen molar-refractivity contribution in [3.8, 4) is 6.07 Å².